The van der Waals surface area contributed by atoms with E-state index in [0.29, 0.717) is 11.1 Å². The van der Waals surface area contributed by atoms with Crippen LogP contribution >= 0.6 is 11.6 Å². The van der Waals surface area contributed by atoms with Crippen LogP contribution in [0.15, 0.2) is 42.5 Å². The third kappa shape index (κ3) is 3.98. The average Bonchev–Trinajstić information content (AvgIpc) is 3.12. The molecular weight excluding hydrogens is 465 g/mol. The molecule has 4 rings (SSSR count). The fraction of sp³-hybridized carbons (Fsp3) is 0.273. The SMILES string of the molecule is [B]C1CC(=O)NC(=O)[C@]1([B])N1Cc2cc(CNC(=O)C(F)(F)c3ccc(Cl)cc3)ccc2C1=O. The Labute approximate surface area is 201 Å². The second kappa shape index (κ2) is 8.54. The van der Waals surface area contributed by atoms with Gasteiger partial charge in [-0.25, -0.2) is 0 Å². The van der Waals surface area contributed by atoms with Crippen molar-refractivity contribution < 1.29 is 28.0 Å². The standard InChI is InChI=1S/C22H16B2ClF2N3O4/c23-16-8-17(31)29-19(33)21(16,24)30-10-12-7-11(1-6-15(12)18(30)32)9-28-20(34)22(26,27)13-2-4-14(25)5-3-13/h1-7,16H,8-10H2,(H,28,34)(H,29,31,33)/t16?,21-/m1/s1. The molecule has 1 saturated heterocycles. The predicted molar refractivity (Wildman–Crippen MR) is 119 cm³/mol. The molecule has 2 N–H and O–H groups in total. The third-order valence-corrected chi connectivity index (χ3v) is 6.20. The number of fused-ring (bicyclic) bond motifs is 1. The second-order valence-electron chi connectivity index (χ2n) is 8.16. The Balaban J connectivity index is 1.48. The fourth-order valence-corrected chi connectivity index (χ4v) is 4.12. The van der Waals surface area contributed by atoms with E-state index in [4.69, 9.17) is 27.3 Å². The molecule has 0 aliphatic carbocycles. The lowest BCUT2D eigenvalue weighted by atomic mass is 9.56. The van der Waals surface area contributed by atoms with Crippen LogP contribution in [0.4, 0.5) is 8.78 Å². The summed E-state index contributed by atoms with van der Waals surface area (Å²) in [6, 6.07) is 9.17. The molecular formula is C22H16B2ClF2N3O4. The van der Waals surface area contributed by atoms with Gasteiger partial charge < -0.3 is 10.2 Å². The van der Waals surface area contributed by atoms with E-state index in [1.54, 1.807) is 6.07 Å². The molecule has 1 fully saturated rings. The number of amides is 4. The Morgan fingerprint density at radius 3 is 2.53 bits per heavy atom. The lowest BCUT2D eigenvalue weighted by Crippen LogP contribution is -2.66. The molecule has 2 aromatic carbocycles. The van der Waals surface area contributed by atoms with Crippen molar-refractivity contribution in [1.82, 2.24) is 15.5 Å². The fourth-order valence-electron chi connectivity index (χ4n) is 3.99. The van der Waals surface area contributed by atoms with Crippen LogP contribution in [0.25, 0.3) is 0 Å². The summed E-state index contributed by atoms with van der Waals surface area (Å²) < 4.78 is 28.9. The summed E-state index contributed by atoms with van der Waals surface area (Å²) in [6.07, 6.45) is -0.235. The molecule has 1 unspecified atom stereocenters. The highest BCUT2D eigenvalue weighted by Gasteiger charge is 2.51. The maximum absolute atomic E-state index is 14.5. The number of benzene rings is 2. The molecule has 4 radical (unpaired) electrons. The first-order chi connectivity index (χ1) is 15.9. The molecule has 34 heavy (non-hydrogen) atoms. The first-order valence-electron chi connectivity index (χ1n) is 10.2. The molecule has 0 spiro atoms. The quantitative estimate of drug-likeness (QED) is 0.501. The monoisotopic (exact) mass is 481 g/mol. The van der Waals surface area contributed by atoms with E-state index >= 15 is 0 Å². The first kappa shape index (κ1) is 23.9. The Bertz CT molecular complexity index is 1210. The van der Waals surface area contributed by atoms with E-state index in [1.165, 1.54) is 24.3 Å². The van der Waals surface area contributed by atoms with Crippen molar-refractivity contribution in [2.75, 3.05) is 0 Å². The van der Waals surface area contributed by atoms with Crippen molar-refractivity contribution in [2.24, 2.45) is 0 Å². The summed E-state index contributed by atoms with van der Waals surface area (Å²) in [5, 5.41) is 4.55. The molecule has 2 aromatic rings. The number of carbonyl (C=O) groups excluding carboxylic acids is 4. The number of carbonyl (C=O) groups is 4. The van der Waals surface area contributed by atoms with Crippen LogP contribution in [-0.4, -0.2) is 49.7 Å². The number of hydrogen-bond donors (Lipinski definition) is 2. The molecule has 2 aliphatic rings. The molecule has 2 atom stereocenters. The van der Waals surface area contributed by atoms with Gasteiger partial charge in [0.1, 0.15) is 7.85 Å². The highest BCUT2D eigenvalue weighted by Crippen LogP contribution is 2.37. The van der Waals surface area contributed by atoms with Gasteiger partial charge in [-0.3, -0.25) is 24.5 Å². The molecule has 7 nitrogen and oxygen atoms in total. The molecule has 4 amide bonds. The van der Waals surface area contributed by atoms with Gasteiger partial charge in [0.15, 0.2) is 0 Å². The normalized spacial score (nSPS) is 22.4. The average molecular weight is 481 g/mol. The van der Waals surface area contributed by atoms with Gasteiger partial charge in [0, 0.05) is 35.7 Å². The summed E-state index contributed by atoms with van der Waals surface area (Å²) in [4.78, 5) is 50.2. The van der Waals surface area contributed by atoms with E-state index in [1.807, 2.05) is 0 Å². The number of rotatable bonds is 5. The van der Waals surface area contributed by atoms with Crippen LogP contribution in [0.1, 0.15) is 33.5 Å². The number of alkyl halides is 2. The van der Waals surface area contributed by atoms with E-state index in [0.717, 1.165) is 17.0 Å². The molecule has 12 heteroatoms. The lowest BCUT2D eigenvalue weighted by Gasteiger charge is -2.45. The van der Waals surface area contributed by atoms with Crippen LogP contribution in [0.5, 0.6) is 0 Å². The molecule has 0 aromatic heterocycles. The minimum atomic E-state index is -3.78. The number of hydrogen-bond acceptors (Lipinski definition) is 4. The van der Waals surface area contributed by atoms with E-state index < -0.39 is 46.4 Å². The maximum Gasteiger partial charge on any atom is 0.349 e. The first-order valence-corrected chi connectivity index (χ1v) is 10.6. The molecule has 170 valence electrons. The zero-order chi connectivity index (χ0) is 24.8. The van der Waals surface area contributed by atoms with Crippen LogP contribution in [0.3, 0.4) is 0 Å². The van der Waals surface area contributed by atoms with Crippen molar-refractivity contribution in [3.8, 4) is 0 Å². The van der Waals surface area contributed by atoms with Crippen LogP contribution in [-0.2, 0) is 33.4 Å². The zero-order valence-corrected chi connectivity index (χ0v) is 18.4. The number of halogens is 3. The van der Waals surface area contributed by atoms with E-state index in [2.05, 4.69) is 10.6 Å². The maximum atomic E-state index is 14.5. The summed E-state index contributed by atoms with van der Waals surface area (Å²) in [7, 11) is 12.2. The predicted octanol–water partition coefficient (Wildman–Crippen LogP) is 1.57. The van der Waals surface area contributed by atoms with Gasteiger partial charge in [-0.1, -0.05) is 35.9 Å². The number of nitrogens with zero attached hydrogens (tertiary/aromatic N) is 1. The van der Waals surface area contributed by atoms with Gasteiger partial charge >= 0.3 is 5.92 Å². The topological polar surface area (TPSA) is 95.6 Å². The van der Waals surface area contributed by atoms with Gasteiger partial charge in [0.05, 0.1) is 13.3 Å². The molecule has 2 heterocycles. The number of imide groups is 1. The minimum Gasteiger partial charge on any atom is -0.346 e. The van der Waals surface area contributed by atoms with Crippen molar-refractivity contribution >= 4 is 50.9 Å². The summed E-state index contributed by atoms with van der Waals surface area (Å²) >= 11 is 5.71. The van der Waals surface area contributed by atoms with Crippen LogP contribution in [0, 0.1) is 0 Å². The van der Waals surface area contributed by atoms with Gasteiger partial charge in [0.2, 0.25) is 11.8 Å². The zero-order valence-electron chi connectivity index (χ0n) is 17.6. The van der Waals surface area contributed by atoms with Crippen molar-refractivity contribution in [1.29, 1.82) is 0 Å². The largest absolute Gasteiger partial charge is 0.349 e. The van der Waals surface area contributed by atoms with Gasteiger partial charge in [-0.2, -0.15) is 8.78 Å². The Morgan fingerprint density at radius 1 is 1.21 bits per heavy atom. The second-order valence-corrected chi connectivity index (χ2v) is 8.60. The minimum absolute atomic E-state index is 0.0807. The Morgan fingerprint density at radius 2 is 1.88 bits per heavy atom. The number of nitrogens with one attached hydrogen (secondary N) is 2. The van der Waals surface area contributed by atoms with Gasteiger partial charge in [0.25, 0.3) is 11.8 Å². The number of piperidine rings is 1. The van der Waals surface area contributed by atoms with Gasteiger partial charge in [-0.05, 0) is 35.1 Å². The summed E-state index contributed by atoms with van der Waals surface area (Å²) in [5.41, 5.74) is -1.25. The van der Waals surface area contributed by atoms with Gasteiger partial charge in [-0.15, -0.1) is 0 Å². The smallest absolute Gasteiger partial charge is 0.346 e. The highest BCUT2D eigenvalue weighted by molar-refractivity contribution is 6.38. The highest BCUT2D eigenvalue weighted by atomic mass is 35.5. The Hall–Kier alpha value is -3.20. The van der Waals surface area contributed by atoms with E-state index in [-0.39, 0.29) is 30.1 Å². The van der Waals surface area contributed by atoms with Crippen molar-refractivity contribution in [2.45, 2.75) is 36.7 Å². The molecule has 2 aliphatic heterocycles. The molecule has 0 saturated carbocycles. The summed E-state index contributed by atoms with van der Waals surface area (Å²) in [6.45, 7) is -0.311. The van der Waals surface area contributed by atoms with E-state index in [9.17, 15) is 28.0 Å². The third-order valence-electron chi connectivity index (χ3n) is 5.95. The van der Waals surface area contributed by atoms with Crippen LogP contribution in [0.2, 0.25) is 10.8 Å². The lowest BCUT2D eigenvalue weighted by molar-refractivity contribution is -0.147. The van der Waals surface area contributed by atoms with Crippen LogP contribution < -0.4 is 10.6 Å². The van der Waals surface area contributed by atoms with Crippen molar-refractivity contribution in [3.63, 3.8) is 0 Å². The Kier molecular flexibility index (Phi) is 6.01. The summed E-state index contributed by atoms with van der Waals surface area (Å²) in [5.74, 6) is -8.40. The van der Waals surface area contributed by atoms with Crippen molar-refractivity contribution in [3.05, 3.63) is 69.7 Å². The molecule has 0 bridgehead atoms.